The van der Waals surface area contributed by atoms with Crippen molar-refractivity contribution in [2.24, 2.45) is 4.99 Å². The van der Waals surface area contributed by atoms with Gasteiger partial charge in [0.2, 0.25) is 5.90 Å². The summed E-state index contributed by atoms with van der Waals surface area (Å²) in [5.41, 5.74) is 1.69. The van der Waals surface area contributed by atoms with E-state index in [0.29, 0.717) is 17.1 Å². The molecule has 0 amide bonds. The van der Waals surface area contributed by atoms with Crippen LogP contribution >= 0.6 is 22.6 Å². The second-order valence-corrected chi connectivity index (χ2v) is 7.43. The SMILES string of the molecule is COc1ccc(C2=NC(=Cc3cc(I)c(OC(C)C)c(OC)c3)C(=O)O2)cc1. The predicted octanol–water partition coefficient (Wildman–Crippen LogP) is 4.44. The van der Waals surface area contributed by atoms with Crippen LogP contribution in [0.25, 0.3) is 6.08 Å². The number of benzene rings is 2. The third kappa shape index (κ3) is 4.46. The summed E-state index contributed by atoms with van der Waals surface area (Å²) >= 11 is 2.18. The zero-order valence-electron chi connectivity index (χ0n) is 16.0. The van der Waals surface area contributed by atoms with Gasteiger partial charge in [0.1, 0.15) is 5.75 Å². The average Bonchev–Trinajstić information content (AvgIpc) is 3.04. The highest BCUT2D eigenvalue weighted by molar-refractivity contribution is 14.1. The highest BCUT2D eigenvalue weighted by atomic mass is 127. The molecule has 0 atom stereocenters. The zero-order chi connectivity index (χ0) is 20.3. The Labute approximate surface area is 177 Å². The molecule has 1 heterocycles. The normalized spacial score (nSPS) is 14.9. The van der Waals surface area contributed by atoms with Crippen molar-refractivity contribution >= 4 is 40.5 Å². The molecule has 0 aromatic heterocycles. The summed E-state index contributed by atoms with van der Waals surface area (Å²) in [6.45, 7) is 3.91. The quantitative estimate of drug-likeness (QED) is 0.338. The molecule has 0 saturated carbocycles. The fourth-order valence-electron chi connectivity index (χ4n) is 2.60. The number of ether oxygens (including phenoxy) is 4. The third-order valence-corrected chi connectivity index (χ3v) is 4.67. The molecule has 3 rings (SSSR count). The van der Waals surface area contributed by atoms with E-state index >= 15 is 0 Å². The summed E-state index contributed by atoms with van der Waals surface area (Å²) in [5.74, 6) is 1.76. The Morgan fingerprint density at radius 2 is 1.82 bits per heavy atom. The molecular weight excluding hydrogens is 473 g/mol. The number of aliphatic imine (C=N–C) groups is 1. The van der Waals surface area contributed by atoms with E-state index < -0.39 is 5.97 Å². The molecule has 0 fully saturated rings. The number of carbonyl (C=O) groups is 1. The summed E-state index contributed by atoms with van der Waals surface area (Å²) in [4.78, 5) is 16.6. The largest absolute Gasteiger partial charge is 0.497 e. The van der Waals surface area contributed by atoms with Gasteiger partial charge in [-0.25, -0.2) is 9.79 Å². The molecule has 0 bridgehead atoms. The van der Waals surface area contributed by atoms with Crippen molar-refractivity contribution in [3.8, 4) is 17.2 Å². The standard InChI is InChI=1S/C21H20INO5/c1-12(2)27-19-16(22)9-13(11-18(19)26-4)10-17-21(24)28-20(23-17)14-5-7-15(25-3)8-6-14/h5-12H,1-4H3. The van der Waals surface area contributed by atoms with Gasteiger partial charge in [0.15, 0.2) is 17.2 Å². The van der Waals surface area contributed by atoms with Crippen molar-refractivity contribution < 1.29 is 23.7 Å². The lowest BCUT2D eigenvalue weighted by Crippen LogP contribution is -2.08. The van der Waals surface area contributed by atoms with Gasteiger partial charge < -0.3 is 18.9 Å². The molecule has 0 radical (unpaired) electrons. The summed E-state index contributed by atoms with van der Waals surface area (Å²) < 4.78 is 22.6. The molecule has 2 aromatic carbocycles. The van der Waals surface area contributed by atoms with Gasteiger partial charge in [0.05, 0.1) is 23.9 Å². The zero-order valence-corrected chi connectivity index (χ0v) is 18.1. The lowest BCUT2D eigenvalue weighted by atomic mass is 10.1. The molecule has 28 heavy (non-hydrogen) atoms. The summed E-state index contributed by atoms with van der Waals surface area (Å²) in [7, 11) is 3.18. The van der Waals surface area contributed by atoms with E-state index in [1.165, 1.54) is 0 Å². The fraction of sp³-hybridized carbons (Fsp3) is 0.238. The molecule has 2 aromatic rings. The van der Waals surface area contributed by atoms with Gasteiger partial charge in [0.25, 0.3) is 0 Å². The van der Waals surface area contributed by atoms with Crippen LogP contribution in [0.5, 0.6) is 17.2 Å². The van der Waals surface area contributed by atoms with Crippen LogP contribution in [0.3, 0.4) is 0 Å². The van der Waals surface area contributed by atoms with E-state index in [0.717, 1.165) is 14.9 Å². The van der Waals surface area contributed by atoms with Gasteiger partial charge in [-0.2, -0.15) is 0 Å². The Balaban J connectivity index is 1.92. The van der Waals surface area contributed by atoms with Crippen molar-refractivity contribution in [2.45, 2.75) is 20.0 Å². The molecule has 6 nitrogen and oxygen atoms in total. The number of rotatable bonds is 6. The minimum atomic E-state index is -0.498. The van der Waals surface area contributed by atoms with Crippen LogP contribution in [0, 0.1) is 3.57 Å². The summed E-state index contributed by atoms with van der Waals surface area (Å²) in [6, 6.07) is 10.9. The van der Waals surface area contributed by atoms with Gasteiger partial charge in [-0.15, -0.1) is 0 Å². The minimum absolute atomic E-state index is 0.0214. The van der Waals surface area contributed by atoms with Crippen LogP contribution in [0.2, 0.25) is 0 Å². The van der Waals surface area contributed by atoms with Crippen LogP contribution in [0.4, 0.5) is 0 Å². The van der Waals surface area contributed by atoms with Crippen LogP contribution in [0.15, 0.2) is 47.1 Å². The first kappa shape index (κ1) is 20.2. The van der Waals surface area contributed by atoms with Crippen LogP contribution in [0.1, 0.15) is 25.0 Å². The molecule has 1 aliphatic rings. The van der Waals surface area contributed by atoms with E-state index in [-0.39, 0.29) is 17.7 Å². The Bertz CT molecular complexity index is 948. The monoisotopic (exact) mass is 493 g/mol. The van der Waals surface area contributed by atoms with E-state index in [1.807, 2.05) is 19.9 Å². The number of cyclic esters (lactones) is 1. The third-order valence-electron chi connectivity index (χ3n) is 3.87. The first-order chi connectivity index (χ1) is 13.4. The molecule has 0 N–H and O–H groups in total. The first-order valence-corrected chi connectivity index (χ1v) is 9.70. The van der Waals surface area contributed by atoms with Crippen molar-refractivity contribution in [3.05, 3.63) is 56.8 Å². The topological polar surface area (TPSA) is 66.3 Å². The Kier molecular flexibility index (Phi) is 6.23. The Morgan fingerprint density at radius 3 is 2.43 bits per heavy atom. The molecule has 0 unspecified atom stereocenters. The lowest BCUT2D eigenvalue weighted by molar-refractivity contribution is -0.129. The number of nitrogens with zero attached hydrogens (tertiary/aromatic N) is 1. The van der Waals surface area contributed by atoms with Gasteiger partial charge in [-0.1, -0.05) is 0 Å². The second kappa shape index (κ2) is 8.64. The first-order valence-electron chi connectivity index (χ1n) is 8.62. The summed E-state index contributed by atoms with van der Waals surface area (Å²) in [5, 5.41) is 0. The van der Waals surface area contributed by atoms with Crippen molar-refractivity contribution in [2.75, 3.05) is 14.2 Å². The van der Waals surface area contributed by atoms with E-state index in [2.05, 4.69) is 27.6 Å². The molecule has 0 aliphatic carbocycles. The maximum absolute atomic E-state index is 12.2. The number of hydrogen-bond acceptors (Lipinski definition) is 6. The van der Waals surface area contributed by atoms with Crippen LogP contribution < -0.4 is 14.2 Å². The second-order valence-electron chi connectivity index (χ2n) is 6.27. The van der Waals surface area contributed by atoms with E-state index in [4.69, 9.17) is 18.9 Å². The Morgan fingerprint density at radius 1 is 1.11 bits per heavy atom. The molecule has 0 saturated heterocycles. The molecular formula is C21H20INO5. The van der Waals surface area contributed by atoms with Gasteiger partial charge >= 0.3 is 5.97 Å². The number of carbonyl (C=O) groups excluding carboxylic acids is 1. The number of esters is 1. The smallest absolute Gasteiger partial charge is 0.363 e. The Hall–Kier alpha value is -2.55. The van der Waals surface area contributed by atoms with E-state index in [9.17, 15) is 4.79 Å². The van der Waals surface area contributed by atoms with Gasteiger partial charge in [0, 0.05) is 5.56 Å². The summed E-state index contributed by atoms with van der Waals surface area (Å²) in [6.07, 6.45) is 1.69. The van der Waals surface area contributed by atoms with Gasteiger partial charge in [-0.05, 0) is 84.5 Å². The average molecular weight is 493 g/mol. The molecule has 7 heteroatoms. The maximum atomic E-state index is 12.2. The predicted molar refractivity (Wildman–Crippen MR) is 115 cm³/mol. The maximum Gasteiger partial charge on any atom is 0.363 e. The van der Waals surface area contributed by atoms with Crippen molar-refractivity contribution in [3.63, 3.8) is 0 Å². The molecule has 0 spiro atoms. The number of hydrogen-bond donors (Lipinski definition) is 0. The van der Waals surface area contributed by atoms with Crippen molar-refractivity contribution in [1.29, 1.82) is 0 Å². The minimum Gasteiger partial charge on any atom is -0.497 e. The highest BCUT2D eigenvalue weighted by Crippen LogP contribution is 2.35. The van der Waals surface area contributed by atoms with Gasteiger partial charge in [-0.3, -0.25) is 0 Å². The highest BCUT2D eigenvalue weighted by Gasteiger charge is 2.24. The molecule has 1 aliphatic heterocycles. The fourth-order valence-corrected chi connectivity index (χ4v) is 3.35. The van der Waals surface area contributed by atoms with Crippen LogP contribution in [-0.2, 0) is 9.53 Å². The van der Waals surface area contributed by atoms with Crippen molar-refractivity contribution in [1.82, 2.24) is 0 Å². The van der Waals surface area contributed by atoms with Crippen LogP contribution in [-0.4, -0.2) is 32.2 Å². The van der Waals surface area contributed by atoms with E-state index in [1.54, 1.807) is 50.6 Å². The molecule has 146 valence electrons. The lowest BCUT2D eigenvalue weighted by Gasteiger charge is -2.15. The number of halogens is 1. The number of methoxy groups -OCH3 is 2.